The summed E-state index contributed by atoms with van der Waals surface area (Å²) in [6.45, 7) is 10.1. The molecule has 4 heteroatoms. The van der Waals surface area contributed by atoms with Gasteiger partial charge in [-0.1, -0.05) is 13.8 Å². The topological polar surface area (TPSA) is 55.6 Å². The van der Waals surface area contributed by atoms with Crippen molar-refractivity contribution < 1.29 is 9.53 Å². The Kier molecular flexibility index (Phi) is 4.33. The molecule has 0 unspecified atom stereocenters. The van der Waals surface area contributed by atoms with Crippen LogP contribution >= 0.6 is 0 Å². The zero-order chi connectivity index (χ0) is 12.3. The van der Waals surface area contributed by atoms with Crippen molar-refractivity contribution in [3.8, 4) is 0 Å². The highest BCUT2D eigenvalue weighted by Crippen LogP contribution is 2.17. The van der Waals surface area contributed by atoms with Gasteiger partial charge in [0.15, 0.2) is 0 Å². The lowest BCUT2D eigenvalue weighted by atomic mass is 10.0. The van der Waals surface area contributed by atoms with Gasteiger partial charge in [0.05, 0.1) is 18.2 Å². The fraction of sp³-hybridized carbons (Fsp3) is 0.917. The second-order valence-electron chi connectivity index (χ2n) is 5.60. The van der Waals surface area contributed by atoms with Gasteiger partial charge in [0.25, 0.3) is 0 Å². The largest absolute Gasteiger partial charge is 0.372 e. The van der Waals surface area contributed by atoms with E-state index in [1.165, 1.54) is 0 Å². The summed E-state index contributed by atoms with van der Waals surface area (Å²) < 4.78 is 5.57. The summed E-state index contributed by atoms with van der Waals surface area (Å²) in [5.41, 5.74) is 5.66. The molecule has 0 aromatic rings. The summed E-state index contributed by atoms with van der Waals surface area (Å²) in [6.07, 6.45) is 0.747. The van der Waals surface area contributed by atoms with Crippen LogP contribution in [-0.4, -0.2) is 42.1 Å². The van der Waals surface area contributed by atoms with E-state index >= 15 is 0 Å². The van der Waals surface area contributed by atoms with Crippen molar-refractivity contribution in [2.75, 3.05) is 19.7 Å². The fourth-order valence-electron chi connectivity index (χ4n) is 2.05. The van der Waals surface area contributed by atoms with Crippen molar-refractivity contribution in [1.29, 1.82) is 0 Å². The Bertz CT molecular complexity index is 251. The van der Waals surface area contributed by atoms with Gasteiger partial charge in [-0.15, -0.1) is 0 Å². The van der Waals surface area contributed by atoms with Crippen molar-refractivity contribution in [2.45, 2.75) is 45.8 Å². The smallest absolute Gasteiger partial charge is 0.239 e. The fourth-order valence-corrected chi connectivity index (χ4v) is 2.05. The van der Waals surface area contributed by atoms with Gasteiger partial charge in [0.1, 0.15) is 0 Å². The SMILES string of the molecule is CC(C)C[C@H](N)C(=O)N1CCOC(C)(C)C1. The van der Waals surface area contributed by atoms with Gasteiger partial charge in [0.2, 0.25) is 5.91 Å². The molecule has 94 valence electrons. The summed E-state index contributed by atoms with van der Waals surface area (Å²) in [4.78, 5) is 13.9. The van der Waals surface area contributed by atoms with Gasteiger partial charge in [-0.05, 0) is 26.2 Å². The molecular weight excluding hydrogens is 204 g/mol. The molecule has 0 spiro atoms. The molecule has 0 radical (unpaired) electrons. The van der Waals surface area contributed by atoms with Gasteiger partial charge in [0, 0.05) is 13.1 Å². The molecule has 0 aliphatic carbocycles. The molecule has 1 saturated heterocycles. The molecule has 4 nitrogen and oxygen atoms in total. The van der Waals surface area contributed by atoms with E-state index in [2.05, 4.69) is 13.8 Å². The Balaban J connectivity index is 2.53. The third kappa shape index (κ3) is 3.76. The number of carbonyl (C=O) groups excluding carboxylic acids is 1. The molecule has 1 aliphatic heterocycles. The molecule has 0 saturated carbocycles. The number of rotatable bonds is 3. The Hall–Kier alpha value is -0.610. The Labute approximate surface area is 98.1 Å². The van der Waals surface area contributed by atoms with E-state index in [4.69, 9.17) is 10.5 Å². The quantitative estimate of drug-likeness (QED) is 0.784. The monoisotopic (exact) mass is 228 g/mol. The Morgan fingerprint density at radius 3 is 2.62 bits per heavy atom. The van der Waals surface area contributed by atoms with Gasteiger partial charge in [-0.3, -0.25) is 4.79 Å². The van der Waals surface area contributed by atoms with E-state index in [-0.39, 0.29) is 17.6 Å². The minimum absolute atomic E-state index is 0.0603. The average Bonchev–Trinajstić information content (AvgIpc) is 2.13. The maximum atomic E-state index is 12.1. The van der Waals surface area contributed by atoms with Crippen LogP contribution in [-0.2, 0) is 9.53 Å². The zero-order valence-electron chi connectivity index (χ0n) is 10.8. The molecule has 1 atom stereocenters. The summed E-state index contributed by atoms with van der Waals surface area (Å²) in [6, 6.07) is -0.367. The van der Waals surface area contributed by atoms with Crippen molar-refractivity contribution >= 4 is 5.91 Å². The summed E-state index contributed by atoms with van der Waals surface area (Å²) in [7, 11) is 0. The number of amides is 1. The van der Waals surface area contributed by atoms with Crippen LogP contribution in [0.15, 0.2) is 0 Å². The lowest BCUT2D eigenvalue weighted by molar-refractivity contribution is -0.147. The number of nitrogens with two attached hydrogens (primary N) is 1. The van der Waals surface area contributed by atoms with Crippen LogP contribution in [0.3, 0.4) is 0 Å². The number of carbonyl (C=O) groups is 1. The van der Waals surface area contributed by atoms with E-state index in [1.54, 1.807) is 0 Å². The van der Waals surface area contributed by atoms with Gasteiger partial charge in [-0.2, -0.15) is 0 Å². The minimum atomic E-state index is -0.367. The summed E-state index contributed by atoms with van der Waals surface area (Å²) >= 11 is 0. The first-order valence-electron chi connectivity index (χ1n) is 6.00. The first-order chi connectivity index (χ1) is 7.32. The molecule has 1 heterocycles. The molecule has 1 amide bonds. The van der Waals surface area contributed by atoms with Gasteiger partial charge >= 0.3 is 0 Å². The Morgan fingerprint density at radius 1 is 1.50 bits per heavy atom. The van der Waals surface area contributed by atoms with Crippen LogP contribution < -0.4 is 5.73 Å². The molecule has 2 N–H and O–H groups in total. The predicted molar refractivity (Wildman–Crippen MR) is 64.0 cm³/mol. The van der Waals surface area contributed by atoms with E-state index in [0.29, 0.717) is 25.6 Å². The van der Waals surface area contributed by atoms with Crippen molar-refractivity contribution in [3.63, 3.8) is 0 Å². The highest BCUT2D eigenvalue weighted by Gasteiger charge is 2.32. The molecular formula is C12H24N2O2. The minimum Gasteiger partial charge on any atom is -0.372 e. The molecule has 0 aromatic heterocycles. The lowest BCUT2D eigenvalue weighted by Crippen LogP contribution is -2.54. The van der Waals surface area contributed by atoms with E-state index in [9.17, 15) is 4.79 Å². The molecule has 16 heavy (non-hydrogen) atoms. The van der Waals surface area contributed by atoms with Crippen LogP contribution in [0, 0.1) is 5.92 Å². The van der Waals surface area contributed by atoms with E-state index in [1.807, 2.05) is 18.7 Å². The van der Waals surface area contributed by atoms with Crippen LogP contribution in [0.5, 0.6) is 0 Å². The van der Waals surface area contributed by atoms with Crippen LogP contribution in [0.4, 0.5) is 0 Å². The molecule has 1 rings (SSSR count). The molecule has 0 aromatic carbocycles. The highest BCUT2D eigenvalue weighted by atomic mass is 16.5. The summed E-state index contributed by atoms with van der Waals surface area (Å²) in [5.74, 6) is 0.512. The van der Waals surface area contributed by atoms with Crippen molar-refractivity contribution in [2.24, 2.45) is 11.7 Å². The molecule has 1 aliphatic rings. The lowest BCUT2D eigenvalue weighted by Gasteiger charge is -2.39. The number of ether oxygens (including phenoxy) is 1. The predicted octanol–water partition coefficient (Wildman–Crippen LogP) is 0.997. The van der Waals surface area contributed by atoms with Gasteiger partial charge in [-0.25, -0.2) is 0 Å². The van der Waals surface area contributed by atoms with Crippen LogP contribution in [0.1, 0.15) is 34.1 Å². The zero-order valence-corrected chi connectivity index (χ0v) is 10.8. The number of nitrogens with zero attached hydrogens (tertiary/aromatic N) is 1. The van der Waals surface area contributed by atoms with Crippen molar-refractivity contribution in [1.82, 2.24) is 4.90 Å². The standard InChI is InChI=1S/C12H24N2O2/c1-9(2)7-10(13)11(15)14-5-6-16-12(3,4)8-14/h9-10H,5-8,13H2,1-4H3/t10-/m0/s1. The number of hydrogen-bond donors (Lipinski definition) is 1. The van der Waals surface area contributed by atoms with E-state index in [0.717, 1.165) is 6.42 Å². The van der Waals surface area contributed by atoms with Gasteiger partial charge < -0.3 is 15.4 Å². The average molecular weight is 228 g/mol. The first kappa shape index (κ1) is 13.5. The second-order valence-corrected chi connectivity index (χ2v) is 5.60. The third-order valence-electron chi connectivity index (χ3n) is 2.78. The maximum absolute atomic E-state index is 12.1. The Morgan fingerprint density at radius 2 is 2.12 bits per heavy atom. The maximum Gasteiger partial charge on any atom is 0.239 e. The summed E-state index contributed by atoms with van der Waals surface area (Å²) in [5, 5.41) is 0. The highest BCUT2D eigenvalue weighted by molar-refractivity contribution is 5.81. The normalized spacial score (nSPS) is 22.2. The second kappa shape index (κ2) is 5.15. The first-order valence-corrected chi connectivity index (χ1v) is 6.00. The van der Waals surface area contributed by atoms with Crippen molar-refractivity contribution in [3.05, 3.63) is 0 Å². The van der Waals surface area contributed by atoms with E-state index < -0.39 is 0 Å². The third-order valence-corrected chi connectivity index (χ3v) is 2.78. The van der Waals surface area contributed by atoms with Crippen LogP contribution in [0.2, 0.25) is 0 Å². The number of hydrogen-bond acceptors (Lipinski definition) is 3. The molecule has 0 bridgehead atoms. The van der Waals surface area contributed by atoms with Crippen LogP contribution in [0.25, 0.3) is 0 Å². The number of morpholine rings is 1. The molecule has 1 fully saturated rings.